The number of hydrogen-bond acceptors (Lipinski definition) is 4. The molecule has 0 saturated carbocycles. The number of benzene rings is 1. The molecule has 2 aromatic heterocycles. The van der Waals surface area contributed by atoms with E-state index in [-0.39, 0.29) is 11.5 Å². The lowest BCUT2D eigenvalue weighted by atomic mass is 10.1. The molecule has 0 bridgehead atoms. The Labute approximate surface area is 168 Å². The van der Waals surface area contributed by atoms with Gasteiger partial charge < -0.3 is 4.90 Å². The van der Waals surface area contributed by atoms with Gasteiger partial charge in [-0.25, -0.2) is 4.98 Å². The molecule has 5 nitrogen and oxygen atoms in total. The van der Waals surface area contributed by atoms with Gasteiger partial charge in [-0.1, -0.05) is 6.07 Å². The van der Waals surface area contributed by atoms with E-state index in [1.165, 1.54) is 16.9 Å². The molecule has 3 heterocycles. The van der Waals surface area contributed by atoms with Crippen molar-refractivity contribution >= 4 is 33.1 Å². The lowest BCUT2D eigenvalue weighted by molar-refractivity contribution is 0.0991. The molecule has 6 heteroatoms. The van der Waals surface area contributed by atoms with Crippen molar-refractivity contribution in [1.82, 2.24) is 9.55 Å². The summed E-state index contributed by atoms with van der Waals surface area (Å²) in [6.07, 6.45) is 2.89. The van der Waals surface area contributed by atoms with Gasteiger partial charge >= 0.3 is 0 Å². The number of hydrogen-bond donors (Lipinski definition) is 0. The van der Waals surface area contributed by atoms with Crippen LogP contribution in [0.4, 0.5) is 5.69 Å². The number of aryl methyl sites for hydroxylation is 4. The molecule has 0 radical (unpaired) electrons. The summed E-state index contributed by atoms with van der Waals surface area (Å²) < 4.78 is 1.79. The third-order valence-corrected chi connectivity index (χ3v) is 6.89. The van der Waals surface area contributed by atoms with Crippen LogP contribution in [-0.2, 0) is 13.0 Å². The molecule has 0 fully saturated rings. The predicted molar refractivity (Wildman–Crippen MR) is 115 cm³/mol. The standard InChI is InChI=1S/C22H25N3O2S/c1-5-24(16-10-9-13(2)14(3)12-16)22(27)19-15(4)18-20(28-19)23-17-8-6-7-11-25(17)21(18)26/h9-10,12H,5-8,11H2,1-4H3. The quantitative estimate of drug-likeness (QED) is 0.661. The number of fused-ring (bicyclic) bond motifs is 2. The lowest BCUT2D eigenvalue weighted by Gasteiger charge is -2.21. The molecule has 0 aliphatic carbocycles. The average Bonchev–Trinajstić information content (AvgIpc) is 3.02. The van der Waals surface area contributed by atoms with Gasteiger partial charge in [0.05, 0.1) is 10.3 Å². The van der Waals surface area contributed by atoms with Gasteiger partial charge in [0.25, 0.3) is 11.5 Å². The maximum atomic E-state index is 13.4. The Bertz CT molecular complexity index is 1140. The van der Waals surface area contributed by atoms with E-state index >= 15 is 0 Å². The highest BCUT2D eigenvalue weighted by Gasteiger charge is 2.25. The molecule has 0 atom stereocenters. The Morgan fingerprint density at radius 2 is 2.00 bits per heavy atom. The fourth-order valence-electron chi connectivity index (χ4n) is 3.90. The molecule has 0 saturated heterocycles. The summed E-state index contributed by atoms with van der Waals surface area (Å²) in [5.41, 5.74) is 4.00. The number of rotatable bonds is 3. The monoisotopic (exact) mass is 395 g/mol. The van der Waals surface area contributed by atoms with Gasteiger partial charge in [-0.05, 0) is 69.4 Å². The molecule has 1 aliphatic heterocycles. The van der Waals surface area contributed by atoms with E-state index in [4.69, 9.17) is 4.98 Å². The maximum Gasteiger partial charge on any atom is 0.268 e. The molecule has 0 N–H and O–H groups in total. The molecule has 0 spiro atoms. The minimum absolute atomic E-state index is 0.00160. The Hall–Kier alpha value is -2.47. The van der Waals surface area contributed by atoms with Gasteiger partial charge in [0.2, 0.25) is 0 Å². The third-order valence-electron chi connectivity index (χ3n) is 5.72. The highest BCUT2D eigenvalue weighted by Crippen LogP contribution is 2.31. The van der Waals surface area contributed by atoms with E-state index in [1.807, 2.05) is 32.0 Å². The van der Waals surface area contributed by atoms with E-state index < -0.39 is 0 Å². The van der Waals surface area contributed by atoms with E-state index in [2.05, 4.69) is 13.8 Å². The van der Waals surface area contributed by atoms with Crippen molar-refractivity contribution in [3.63, 3.8) is 0 Å². The normalized spacial score (nSPS) is 13.6. The summed E-state index contributed by atoms with van der Waals surface area (Å²) >= 11 is 1.35. The SMILES string of the molecule is CCN(C(=O)c1sc2nc3n(c(=O)c2c1C)CCCC3)c1ccc(C)c(C)c1. The predicted octanol–water partition coefficient (Wildman–Crippen LogP) is 4.39. The first-order valence-electron chi connectivity index (χ1n) is 9.84. The Morgan fingerprint density at radius 1 is 1.21 bits per heavy atom. The third kappa shape index (κ3) is 2.96. The first-order valence-corrected chi connectivity index (χ1v) is 10.7. The van der Waals surface area contributed by atoms with Gasteiger partial charge in [0, 0.05) is 25.2 Å². The van der Waals surface area contributed by atoms with Crippen LogP contribution < -0.4 is 10.5 Å². The summed E-state index contributed by atoms with van der Waals surface area (Å²) in [5, 5.41) is 0.607. The van der Waals surface area contributed by atoms with Crippen LogP contribution in [0, 0.1) is 20.8 Å². The van der Waals surface area contributed by atoms with Crippen molar-refractivity contribution in [2.45, 2.75) is 53.5 Å². The van der Waals surface area contributed by atoms with E-state index in [9.17, 15) is 9.59 Å². The second-order valence-electron chi connectivity index (χ2n) is 7.50. The molecule has 146 valence electrons. The van der Waals surface area contributed by atoms with Crippen molar-refractivity contribution < 1.29 is 4.79 Å². The molecule has 3 aromatic rings. The van der Waals surface area contributed by atoms with Crippen LogP contribution in [0.3, 0.4) is 0 Å². The number of thiophene rings is 1. The first kappa shape index (κ1) is 18.9. The largest absolute Gasteiger partial charge is 0.308 e. The number of anilines is 1. The van der Waals surface area contributed by atoms with Crippen LogP contribution in [0.15, 0.2) is 23.0 Å². The Morgan fingerprint density at radius 3 is 2.71 bits per heavy atom. The van der Waals surface area contributed by atoms with E-state index in [0.29, 0.717) is 21.6 Å². The number of nitrogens with zero attached hydrogens (tertiary/aromatic N) is 3. The lowest BCUT2D eigenvalue weighted by Crippen LogP contribution is -2.30. The van der Waals surface area contributed by atoms with Crippen LogP contribution >= 0.6 is 11.3 Å². The van der Waals surface area contributed by atoms with Crippen molar-refractivity contribution in [3.05, 3.63) is 55.9 Å². The van der Waals surface area contributed by atoms with Crippen LogP contribution in [0.25, 0.3) is 10.2 Å². The molecule has 28 heavy (non-hydrogen) atoms. The maximum absolute atomic E-state index is 13.4. The van der Waals surface area contributed by atoms with Gasteiger partial charge in [0.15, 0.2) is 0 Å². The summed E-state index contributed by atoms with van der Waals surface area (Å²) in [4.78, 5) is 34.2. The first-order chi connectivity index (χ1) is 13.4. The van der Waals surface area contributed by atoms with Crippen molar-refractivity contribution in [2.24, 2.45) is 0 Å². The second kappa shape index (κ2) is 7.17. The molecule has 1 aromatic carbocycles. The number of carbonyl (C=O) groups is 1. The summed E-state index contributed by atoms with van der Waals surface area (Å²) in [5.74, 6) is 0.791. The highest BCUT2D eigenvalue weighted by atomic mass is 32.1. The van der Waals surface area contributed by atoms with Crippen molar-refractivity contribution in [3.8, 4) is 0 Å². The van der Waals surface area contributed by atoms with Gasteiger partial charge in [-0.2, -0.15) is 0 Å². The zero-order valence-corrected chi connectivity index (χ0v) is 17.7. The van der Waals surface area contributed by atoms with Crippen LogP contribution in [-0.4, -0.2) is 22.0 Å². The minimum atomic E-state index is -0.0615. The number of amides is 1. The summed E-state index contributed by atoms with van der Waals surface area (Å²) in [6.45, 7) is 9.25. The molecule has 1 aliphatic rings. The number of carbonyl (C=O) groups excluding carboxylic acids is 1. The van der Waals surface area contributed by atoms with Gasteiger partial charge in [0.1, 0.15) is 10.7 Å². The zero-order valence-electron chi connectivity index (χ0n) is 16.8. The van der Waals surface area contributed by atoms with Gasteiger partial charge in [-0.15, -0.1) is 11.3 Å². The summed E-state index contributed by atoms with van der Waals surface area (Å²) in [7, 11) is 0. The fraction of sp³-hybridized carbons (Fsp3) is 0.409. The van der Waals surface area contributed by atoms with E-state index in [0.717, 1.165) is 48.4 Å². The molecule has 4 rings (SSSR count). The number of aromatic nitrogens is 2. The molecular formula is C22H25N3O2S. The van der Waals surface area contributed by atoms with Gasteiger partial charge in [-0.3, -0.25) is 14.2 Å². The summed E-state index contributed by atoms with van der Waals surface area (Å²) in [6, 6.07) is 6.07. The Kier molecular flexibility index (Phi) is 4.83. The van der Waals surface area contributed by atoms with Crippen molar-refractivity contribution in [2.75, 3.05) is 11.4 Å². The topological polar surface area (TPSA) is 55.2 Å². The van der Waals surface area contributed by atoms with Crippen molar-refractivity contribution in [1.29, 1.82) is 0 Å². The van der Waals surface area contributed by atoms with Crippen LogP contribution in [0.2, 0.25) is 0 Å². The fourth-order valence-corrected chi connectivity index (χ4v) is 5.04. The average molecular weight is 396 g/mol. The van der Waals surface area contributed by atoms with Crippen LogP contribution in [0.5, 0.6) is 0 Å². The zero-order chi connectivity index (χ0) is 20.0. The van der Waals surface area contributed by atoms with Crippen LogP contribution in [0.1, 0.15) is 52.0 Å². The molecular weight excluding hydrogens is 370 g/mol. The minimum Gasteiger partial charge on any atom is -0.308 e. The highest BCUT2D eigenvalue weighted by molar-refractivity contribution is 7.20. The Balaban J connectivity index is 1.82. The molecule has 0 unspecified atom stereocenters. The molecule has 1 amide bonds. The smallest absolute Gasteiger partial charge is 0.268 e. The second-order valence-corrected chi connectivity index (χ2v) is 8.50. The van der Waals surface area contributed by atoms with E-state index in [1.54, 1.807) is 9.47 Å².